The van der Waals surface area contributed by atoms with E-state index in [0.29, 0.717) is 6.54 Å². The van der Waals surface area contributed by atoms with E-state index in [1.54, 1.807) is 4.90 Å². The Labute approximate surface area is 112 Å². The molecule has 0 saturated carbocycles. The van der Waals surface area contributed by atoms with Gasteiger partial charge in [0.25, 0.3) is 5.92 Å². The summed E-state index contributed by atoms with van der Waals surface area (Å²) < 4.78 is 27.1. The van der Waals surface area contributed by atoms with Gasteiger partial charge >= 0.3 is 0 Å². The van der Waals surface area contributed by atoms with Crippen molar-refractivity contribution in [1.82, 2.24) is 4.90 Å². The van der Waals surface area contributed by atoms with Crippen molar-refractivity contribution in [2.75, 3.05) is 6.54 Å². The van der Waals surface area contributed by atoms with E-state index in [9.17, 15) is 13.6 Å². The number of likely N-dealkylation sites (tertiary alicyclic amines) is 1. The lowest BCUT2D eigenvalue weighted by molar-refractivity contribution is -0.170. The van der Waals surface area contributed by atoms with Crippen LogP contribution < -0.4 is 0 Å². The molecule has 1 fully saturated rings. The normalized spacial score (nSPS) is 20.1. The van der Waals surface area contributed by atoms with Crippen LogP contribution in [-0.2, 0) is 4.79 Å². The van der Waals surface area contributed by atoms with Crippen LogP contribution in [0, 0.1) is 5.41 Å². The van der Waals surface area contributed by atoms with Crippen molar-refractivity contribution in [1.29, 1.82) is 0 Å². The molecule has 2 rings (SSSR count). The molecule has 4 heteroatoms. The maximum Gasteiger partial charge on any atom is 0.259 e. The second-order valence-electron chi connectivity index (χ2n) is 5.73. The Hall–Kier alpha value is -1.45. The molecule has 0 bridgehead atoms. The predicted molar refractivity (Wildman–Crippen MR) is 69.9 cm³/mol. The average Bonchev–Trinajstić information content (AvgIpc) is 2.27. The Bertz CT molecular complexity index is 465. The summed E-state index contributed by atoms with van der Waals surface area (Å²) in [4.78, 5) is 13.9. The van der Waals surface area contributed by atoms with Gasteiger partial charge in [-0.2, -0.15) is 0 Å². The molecule has 1 aromatic rings. The number of amides is 1. The number of benzene rings is 1. The van der Waals surface area contributed by atoms with E-state index in [4.69, 9.17) is 0 Å². The van der Waals surface area contributed by atoms with Crippen molar-refractivity contribution < 1.29 is 13.6 Å². The highest BCUT2D eigenvalue weighted by Crippen LogP contribution is 2.42. The first-order valence-corrected chi connectivity index (χ1v) is 6.49. The summed E-state index contributed by atoms with van der Waals surface area (Å²) in [5.74, 6) is -3.50. The van der Waals surface area contributed by atoms with Gasteiger partial charge in [0.2, 0.25) is 5.91 Å². The van der Waals surface area contributed by atoms with Crippen molar-refractivity contribution in [3.63, 3.8) is 0 Å². The van der Waals surface area contributed by atoms with Crippen LogP contribution in [-0.4, -0.2) is 23.3 Å². The monoisotopic (exact) mass is 267 g/mol. The highest BCUT2D eigenvalue weighted by Gasteiger charge is 2.52. The molecule has 2 nitrogen and oxygen atoms in total. The minimum Gasteiger partial charge on any atom is -0.335 e. The van der Waals surface area contributed by atoms with Gasteiger partial charge in [0, 0.05) is 13.5 Å². The van der Waals surface area contributed by atoms with E-state index in [2.05, 4.69) is 0 Å². The maximum absolute atomic E-state index is 13.6. The minimum atomic E-state index is -3.03. The van der Waals surface area contributed by atoms with Crippen LogP contribution in [0.15, 0.2) is 30.3 Å². The van der Waals surface area contributed by atoms with Crippen LogP contribution in [0.4, 0.5) is 8.78 Å². The molecule has 1 saturated heterocycles. The summed E-state index contributed by atoms with van der Waals surface area (Å²) in [7, 11) is 0. The zero-order chi connectivity index (χ0) is 14.3. The number of hydrogen-bond donors (Lipinski definition) is 0. The Morgan fingerprint density at radius 1 is 1.21 bits per heavy atom. The van der Waals surface area contributed by atoms with Gasteiger partial charge in [-0.1, -0.05) is 30.3 Å². The summed E-state index contributed by atoms with van der Waals surface area (Å²) in [5, 5.41) is 0. The molecule has 1 heterocycles. The number of halogens is 2. The fraction of sp³-hybridized carbons (Fsp3) is 0.533. The van der Waals surface area contributed by atoms with Crippen LogP contribution in [0.25, 0.3) is 0 Å². The number of rotatable bonds is 3. The lowest BCUT2D eigenvalue weighted by Gasteiger charge is -2.46. The summed E-state index contributed by atoms with van der Waals surface area (Å²) >= 11 is 0. The number of hydrogen-bond acceptors (Lipinski definition) is 1. The fourth-order valence-electron chi connectivity index (χ4n) is 2.20. The van der Waals surface area contributed by atoms with Gasteiger partial charge in [-0.25, -0.2) is 8.78 Å². The Balaban J connectivity index is 2.18. The third kappa shape index (κ3) is 2.36. The summed E-state index contributed by atoms with van der Waals surface area (Å²) in [6.07, 6.45) is 0.834. The van der Waals surface area contributed by atoms with Crippen molar-refractivity contribution in [3.05, 3.63) is 35.9 Å². The summed E-state index contributed by atoms with van der Waals surface area (Å²) in [6, 6.07) is 9.50. The molecule has 0 aliphatic carbocycles. The van der Waals surface area contributed by atoms with Crippen molar-refractivity contribution in [3.8, 4) is 0 Å². The first-order valence-electron chi connectivity index (χ1n) is 6.49. The smallest absolute Gasteiger partial charge is 0.259 e. The largest absolute Gasteiger partial charge is 0.335 e. The summed E-state index contributed by atoms with van der Waals surface area (Å²) in [5.41, 5.74) is -0.655. The zero-order valence-electron chi connectivity index (χ0n) is 11.5. The Morgan fingerprint density at radius 3 is 2.21 bits per heavy atom. The predicted octanol–water partition coefficient (Wildman–Crippen LogP) is 3.64. The quantitative estimate of drug-likeness (QED) is 0.818. The van der Waals surface area contributed by atoms with Gasteiger partial charge in [-0.3, -0.25) is 4.79 Å². The molecule has 1 atom stereocenters. The average molecular weight is 267 g/mol. The number of carbonyl (C=O) groups excluding carboxylic acids is 1. The van der Waals surface area contributed by atoms with E-state index >= 15 is 0 Å². The second kappa shape index (κ2) is 4.58. The van der Waals surface area contributed by atoms with Crippen LogP contribution in [0.5, 0.6) is 0 Å². The SMILES string of the molecule is CC(F)(F)C(C)(C)C(=O)N1CC[C@H]1c1ccccc1. The molecule has 0 unspecified atom stereocenters. The number of carbonyl (C=O) groups is 1. The van der Waals surface area contributed by atoms with Crippen LogP contribution in [0.1, 0.15) is 38.8 Å². The molecular weight excluding hydrogens is 248 g/mol. The molecule has 0 spiro atoms. The summed E-state index contributed by atoms with van der Waals surface area (Å²) in [6.45, 7) is 3.99. The highest BCUT2D eigenvalue weighted by molar-refractivity contribution is 5.84. The molecule has 0 aromatic heterocycles. The van der Waals surface area contributed by atoms with Crippen molar-refractivity contribution in [2.24, 2.45) is 5.41 Å². The second-order valence-corrected chi connectivity index (χ2v) is 5.73. The molecule has 19 heavy (non-hydrogen) atoms. The molecule has 1 amide bonds. The van der Waals surface area contributed by atoms with E-state index in [-0.39, 0.29) is 6.04 Å². The molecule has 1 aromatic carbocycles. The third-order valence-corrected chi connectivity index (χ3v) is 4.10. The Morgan fingerprint density at radius 2 is 1.79 bits per heavy atom. The number of nitrogens with zero attached hydrogens (tertiary/aromatic N) is 1. The third-order valence-electron chi connectivity index (χ3n) is 4.10. The van der Waals surface area contributed by atoms with Crippen LogP contribution >= 0.6 is 0 Å². The molecule has 1 aliphatic rings. The van der Waals surface area contributed by atoms with E-state index in [1.807, 2.05) is 30.3 Å². The van der Waals surface area contributed by atoms with Gasteiger partial charge in [0.05, 0.1) is 6.04 Å². The van der Waals surface area contributed by atoms with E-state index < -0.39 is 17.2 Å². The molecule has 104 valence electrons. The fourth-order valence-corrected chi connectivity index (χ4v) is 2.20. The van der Waals surface area contributed by atoms with Gasteiger partial charge in [-0.05, 0) is 25.8 Å². The van der Waals surface area contributed by atoms with Gasteiger partial charge < -0.3 is 4.90 Å². The van der Waals surface area contributed by atoms with Crippen LogP contribution in [0.2, 0.25) is 0 Å². The van der Waals surface area contributed by atoms with Crippen molar-refractivity contribution >= 4 is 5.91 Å². The van der Waals surface area contributed by atoms with Gasteiger partial charge in [-0.15, -0.1) is 0 Å². The van der Waals surface area contributed by atoms with E-state index in [1.165, 1.54) is 13.8 Å². The maximum atomic E-state index is 13.6. The lowest BCUT2D eigenvalue weighted by Crippen LogP contribution is -2.55. The minimum absolute atomic E-state index is 0.0599. The van der Waals surface area contributed by atoms with Gasteiger partial charge in [0.15, 0.2) is 0 Å². The molecule has 1 aliphatic heterocycles. The lowest BCUT2D eigenvalue weighted by atomic mass is 9.82. The molecule has 0 radical (unpaired) electrons. The Kier molecular flexibility index (Phi) is 3.37. The van der Waals surface area contributed by atoms with Crippen molar-refractivity contribution in [2.45, 2.75) is 39.2 Å². The van der Waals surface area contributed by atoms with Crippen LogP contribution in [0.3, 0.4) is 0 Å². The van der Waals surface area contributed by atoms with E-state index in [0.717, 1.165) is 18.9 Å². The van der Waals surface area contributed by atoms with Gasteiger partial charge in [0.1, 0.15) is 5.41 Å². The first-order chi connectivity index (χ1) is 8.75. The first kappa shape index (κ1) is 14.0. The zero-order valence-corrected chi connectivity index (χ0v) is 11.5. The standard InChI is InChI=1S/C15H19F2NO/c1-14(2,15(3,16)17)13(19)18-10-9-12(18)11-7-5-4-6-8-11/h4-8,12H,9-10H2,1-3H3/t12-/m0/s1. The topological polar surface area (TPSA) is 20.3 Å². The molecule has 0 N–H and O–H groups in total. The molecular formula is C15H19F2NO. The highest BCUT2D eigenvalue weighted by atomic mass is 19.3. The number of alkyl halides is 2.